The molecule has 0 saturated carbocycles. The van der Waals surface area contributed by atoms with Crippen molar-refractivity contribution in [2.24, 2.45) is 0 Å². The first kappa shape index (κ1) is 20.5. The summed E-state index contributed by atoms with van der Waals surface area (Å²) in [6.07, 6.45) is 0.722. The average molecular weight is 374 g/mol. The van der Waals surface area contributed by atoms with Crippen molar-refractivity contribution >= 4 is 18.0 Å². The number of carbonyl (C=O) groups is 3. The minimum Gasteiger partial charge on any atom is -0.463 e. The molecule has 7 nitrogen and oxygen atoms in total. The number of urea groups is 1. The van der Waals surface area contributed by atoms with Crippen LogP contribution in [0.25, 0.3) is 0 Å². The van der Waals surface area contributed by atoms with E-state index in [9.17, 15) is 14.4 Å². The first-order chi connectivity index (χ1) is 13.0. The molecule has 1 aliphatic heterocycles. The Labute approximate surface area is 159 Å². The molecular formula is C20H26N2O5. The van der Waals surface area contributed by atoms with Crippen LogP contribution in [0.5, 0.6) is 0 Å². The molecule has 0 spiro atoms. The van der Waals surface area contributed by atoms with E-state index < -0.39 is 24.0 Å². The Morgan fingerprint density at radius 3 is 2.48 bits per heavy atom. The van der Waals surface area contributed by atoms with Gasteiger partial charge in [-0.25, -0.2) is 9.59 Å². The summed E-state index contributed by atoms with van der Waals surface area (Å²) in [4.78, 5) is 36.3. The maximum Gasteiger partial charge on any atom is 0.338 e. The predicted octanol–water partition coefficient (Wildman–Crippen LogP) is 2.63. The third kappa shape index (κ3) is 5.57. The number of hydrogen-bond donors (Lipinski definition) is 2. The highest BCUT2D eigenvalue weighted by Gasteiger charge is 2.32. The van der Waals surface area contributed by atoms with Gasteiger partial charge in [0.2, 0.25) is 0 Å². The zero-order valence-corrected chi connectivity index (χ0v) is 15.9. The Hall–Kier alpha value is -2.83. The Kier molecular flexibility index (Phi) is 7.40. The highest BCUT2D eigenvalue weighted by molar-refractivity contribution is 5.94. The average Bonchev–Trinajstić information content (AvgIpc) is 2.66. The highest BCUT2D eigenvalue weighted by atomic mass is 16.5. The quantitative estimate of drug-likeness (QED) is 0.682. The SMILES string of the molecule is CCOC(=O)C1=C(COC(=O)C[C@H](C)c2ccccc2)NC(=O)N[C@@H]1CC. The van der Waals surface area contributed by atoms with Crippen molar-refractivity contribution in [2.75, 3.05) is 13.2 Å². The molecule has 0 aliphatic carbocycles. The van der Waals surface area contributed by atoms with Crippen LogP contribution >= 0.6 is 0 Å². The number of carbonyl (C=O) groups excluding carboxylic acids is 3. The van der Waals surface area contributed by atoms with Gasteiger partial charge in [-0.2, -0.15) is 0 Å². The lowest BCUT2D eigenvalue weighted by Crippen LogP contribution is -2.51. The minimum absolute atomic E-state index is 0.00297. The molecule has 0 fully saturated rings. The topological polar surface area (TPSA) is 93.7 Å². The molecule has 1 heterocycles. The molecule has 7 heteroatoms. The van der Waals surface area contributed by atoms with Crippen LogP contribution < -0.4 is 10.6 Å². The van der Waals surface area contributed by atoms with Crippen molar-refractivity contribution < 1.29 is 23.9 Å². The summed E-state index contributed by atoms with van der Waals surface area (Å²) in [5, 5.41) is 5.24. The zero-order chi connectivity index (χ0) is 19.8. The molecule has 2 amide bonds. The van der Waals surface area contributed by atoms with Gasteiger partial charge in [-0.15, -0.1) is 0 Å². The molecule has 2 rings (SSSR count). The van der Waals surface area contributed by atoms with E-state index in [0.29, 0.717) is 12.0 Å². The second kappa shape index (κ2) is 9.75. The molecule has 1 aromatic rings. The van der Waals surface area contributed by atoms with Gasteiger partial charge < -0.3 is 20.1 Å². The normalized spacial score (nSPS) is 17.6. The molecule has 2 atom stereocenters. The lowest BCUT2D eigenvalue weighted by molar-refractivity contribution is -0.144. The van der Waals surface area contributed by atoms with Crippen LogP contribution in [0.2, 0.25) is 0 Å². The second-order valence-electron chi connectivity index (χ2n) is 6.35. The molecular weight excluding hydrogens is 348 g/mol. The van der Waals surface area contributed by atoms with Gasteiger partial charge >= 0.3 is 18.0 Å². The summed E-state index contributed by atoms with van der Waals surface area (Å²) < 4.78 is 10.4. The number of esters is 2. The van der Waals surface area contributed by atoms with Crippen LogP contribution in [-0.2, 0) is 19.1 Å². The monoisotopic (exact) mass is 374 g/mol. The van der Waals surface area contributed by atoms with Gasteiger partial charge in [0.1, 0.15) is 6.61 Å². The first-order valence-corrected chi connectivity index (χ1v) is 9.14. The smallest absolute Gasteiger partial charge is 0.338 e. The molecule has 27 heavy (non-hydrogen) atoms. The van der Waals surface area contributed by atoms with E-state index in [0.717, 1.165) is 5.56 Å². The van der Waals surface area contributed by atoms with Gasteiger partial charge in [0.05, 0.1) is 30.3 Å². The number of ether oxygens (including phenoxy) is 2. The van der Waals surface area contributed by atoms with E-state index in [1.165, 1.54) is 0 Å². The largest absolute Gasteiger partial charge is 0.463 e. The lowest BCUT2D eigenvalue weighted by atomic mass is 9.98. The summed E-state index contributed by atoms with van der Waals surface area (Å²) >= 11 is 0. The minimum atomic E-state index is -0.527. The molecule has 1 aliphatic rings. The number of nitrogens with one attached hydrogen (secondary N) is 2. The van der Waals surface area contributed by atoms with Gasteiger partial charge in [-0.3, -0.25) is 4.79 Å². The van der Waals surface area contributed by atoms with E-state index in [-0.39, 0.29) is 31.2 Å². The van der Waals surface area contributed by atoms with E-state index >= 15 is 0 Å². The molecule has 1 aromatic carbocycles. The highest BCUT2D eigenvalue weighted by Crippen LogP contribution is 2.20. The predicted molar refractivity (Wildman–Crippen MR) is 99.8 cm³/mol. The van der Waals surface area contributed by atoms with Crippen molar-refractivity contribution in [3.8, 4) is 0 Å². The Morgan fingerprint density at radius 2 is 1.85 bits per heavy atom. The van der Waals surface area contributed by atoms with Gasteiger partial charge in [-0.05, 0) is 24.8 Å². The fourth-order valence-corrected chi connectivity index (χ4v) is 2.94. The summed E-state index contributed by atoms with van der Waals surface area (Å²) in [6.45, 7) is 5.53. The first-order valence-electron chi connectivity index (χ1n) is 9.14. The summed E-state index contributed by atoms with van der Waals surface area (Å²) in [5.74, 6) is -0.924. The van der Waals surface area contributed by atoms with Gasteiger partial charge in [0.15, 0.2) is 0 Å². The zero-order valence-electron chi connectivity index (χ0n) is 15.9. The van der Waals surface area contributed by atoms with Crippen molar-refractivity contribution in [2.45, 2.75) is 45.6 Å². The third-order valence-electron chi connectivity index (χ3n) is 4.37. The van der Waals surface area contributed by atoms with E-state index in [2.05, 4.69) is 10.6 Å². The summed E-state index contributed by atoms with van der Waals surface area (Å²) in [6, 6.07) is 8.76. The van der Waals surface area contributed by atoms with Crippen molar-refractivity contribution in [1.29, 1.82) is 0 Å². The Morgan fingerprint density at radius 1 is 1.15 bits per heavy atom. The number of amides is 2. The van der Waals surface area contributed by atoms with E-state index in [4.69, 9.17) is 9.47 Å². The maximum absolute atomic E-state index is 12.3. The molecule has 0 aromatic heterocycles. The van der Waals surface area contributed by atoms with Crippen molar-refractivity contribution in [3.63, 3.8) is 0 Å². The molecule has 0 unspecified atom stereocenters. The summed E-state index contributed by atoms with van der Waals surface area (Å²) in [7, 11) is 0. The lowest BCUT2D eigenvalue weighted by Gasteiger charge is -2.28. The standard InChI is InChI=1S/C20H26N2O5/c1-4-15-18(19(24)26-5-2)16(22-20(25)21-15)12-27-17(23)11-13(3)14-9-7-6-8-10-14/h6-10,13,15H,4-5,11-12H2,1-3H3,(H2,21,22,25)/t13-,15+/m0/s1. The second-order valence-corrected chi connectivity index (χ2v) is 6.35. The van der Waals surface area contributed by atoms with E-state index in [1.807, 2.05) is 44.2 Å². The Balaban J connectivity index is 2.06. The molecule has 146 valence electrons. The number of benzene rings is 1. The van der Waals surface area contributed by atoms with Crippen LogP contribution in [0, 0.1) is 0 Å². The Bertz CT molecular complexity index is 714. The molecule has 0 radical (unpaired) electrons. The van der Waals surface area contributed by atoms with Gasteiger partial charge in [0, 0.05) is 0 Å². The van der Waals surface area contributed by atoms with E-state index in [1.54, 1.807) is 6.92 Å². The molecule has 2 N–H and O–H groups in total. The van der Waals surface area contributed by atoms with Gasteiger partial charge in [-0.1, -0.05) is 44.2 Å². The maximum atomic E-state index is 12.3. The summed E-state index contributed by atoms with van der Waals surface area (Å²) in [5.41, 5.74) is 1.61. The fraction of sp³-hybridized carbons (Fsp3) is 0.450. The van der Waals surface area contributed by atoms with Gasteiger partial charge in [0.25, 0.3) is 0 Å². The van der Waals surface area contributed by atoms with Crippen molar-refractivity contribution in [3.05, 3.63) is 47.2 Å². The molecule has 0 bridgehead atoms. The van der Waals surface area contributed by atoms with Crippen molar-refractivity contribution in [1.82, 2.24) is 10.6 Å². The number of hydrogen-bond acceptors (Lipinski definition) is 5. The van der Waals surface area contributed by atoms with Crippen LogP contribution in [0.15, 0.2) is 41.6 Å². The third-order valence-corrected chi connectivity index (χ3v) is 4.37. The number of rotatable bonds is 8. The van der Waals surface area contributed by atoms with Crippen LogP contribution in [0.3, 0.4) is 0 Å². The van der Waals surface area contributed by atoms with Crippen LogP contribution in [-0.4, -0.2) is 37.2 Å². The fourth-order valence-electron chi connectivity index (χ4n) is 2.94. The van der Waals surface area contributed by atoms with Crippen LogP contribution in [0.4, 0.5) is 4.79 Å². The van der Waals surface area contributed by atoms with Crippen LogP contribution in [0.1, 0.15) is 45.1 Å². The molecule has 0 saturated heterocycles.